The summed E-state index contributed by atoms with van der Waals surface area (Å²) in [6.45, 7) is 2.17. The standard InChI is InChI=1S/C13H20N2O2/c1-15(11-5-6-17-9-11)13-7-12(16-2)4-3-10(13)8-14/h3-4,7,11H,5-6,8-9,14H2,1-2H3. The van der Waals surface area contributed by atoms with Crippen molar-refractivity contribution in [3.05, 3.63) is 23.8 Å². The van der Waals surface area contributed by atoms with Gasteiger partial charge in [-0.15, -0.1) is 0 Å². The maximum absolute atomic E-state index is 5.78. The molecular formula is C13H20N2O2. The molecule has 4 heteroatoms. The molecule has 94 valence electrons. The summed E-state index contributed by atoms with van der Waals surface area (Å²) in [6.07, 6.45) is 1.07. The van der Waals surface area contributed by atoms with Crippen molar-refractivity contribution >= 4 is 5.69 Å². The number of rotatable bonds is 4. The van der Waals surface area contributed by atoms with Gasteiger partial charge in [-0.1, -0.05) is 6.07 Å². The molecule has 0 saturated carbocycles. The highest BCUT2D eigenvalue weighted by Gasteiger charge is 2.22. The van der Waals surface area contributed by atoms with Crippen LogP contribution in [0.1, 0.15) is 12.0 Å². The summed E-state index contributed by atoms with van der Waals surface area (Å²) in [4.78, 5) is 2.25. The Kier molecular flexibility index (Phi) is 3.86. The van der Waals surface area contributed by atoms with Crippen LogP contribution in [0.4, 0.5) is 5.69 Å². The topological polar surface area (TPSA) is 47.7 Å². The monoisotopic (exact) mass is 236 g/mol. The Labute approximate surface area is 102 Å². The molecule has 0 radical (unpaired) electrons. The number of nitrogens with zero attached hydrogens (tertiary/aromatic N) is 1. The summed E-state index contributed by atoms with van der Waals surface area (Å²) < 4.78 is 10.7. The first kappa shape index (κ1) is 12.2. The van der Waals surface area contributed by atoms with Gasteiger partial charge in [-0.25, -0.2) is 0 Å². The van der Waals surface area contributed by atoms with Gasteiger partial charge in [0.15, 0.2) is 0 Å². The van der Waals surface area contributed by atoms with E-state index in [1.807, 2.05) is 18.2 Å². The lowest BCUT2D eigenvalue weighted by Crippen LogP contribution is -2.32. The molecule has 1 aliphatic rings. The summed E-state index contributed by atoms with van der Waals surface area (Å²) in [7, 11) is 3.77. The molecule has 0 spiro atoms. The molecule has 4 nitrogen and oxygen atoms in total. The van der Waals surface area contributed by atoms with E-state index in [0.29, 0.717) is 12.6 Å². The highest BCUT2D eigenvalue weighted by atomic mass is 16.5. The minimum atomic E-state index is 0.437. The molecule has 0 amide bonds. The molecule has 17 heavy (non-hydrogen) atoms. The zero-order valence-corrected chi connectivity index (χ0v) is 10.5. The summed E-state index contributed by atoms with van der Waals surface area (Å²) in [5, 5.41) is 0. The maximum Gasteiger partial charge on any atom is 0.120 e. The highest BCUT2D eigenvalue weighted by molar-refractivity contribution is 5.57. The number of likely N-dealkylation sites (N-methyl/N-ethyl adjacent to an activating group) is 1. The molecule has 1 aromatic rings. The van der Waals surface area contributed by atoms with Crippen LogP contribution in [-0.2, 0) is 11.3 Å². The van der Waals surface area contributed by atoms with Crippen LogP contribution in [-0.4, -0.2) is 33.4 Å². The first-order chi connectivity index (χ1) is 8.26. The second kappa shape index (κ2) is 5.38. The second-order valence-corrected chi connectivity index (χ2v) is 4.33. The molecular weight excluding hydrogens is 216 g/mol. The van der Waals surface area contributed by atoms with Crippen molar-refractivity contribution in [1.82, 2.24) is 0 Å². The van der Waals surface area contributed by atoms with E-state index in [0.717, 1.165) is 36.6 Å². The zero-order chi connectivity index (χ0) is 12.3. The van der Waals surface area contributed by atoms with Crippen LogP contribution in [0, 0.1) is 0 Å². The third kappa shape index (κ3) is 2.53. The third-order valence-corrected chi connectivity index (χ3v) is 3.35. The quantitative estimate of drug-likeness (QED) is 0.858. The minimum Gasteiger partial charge on any atom is -0.497 e. The van der Waals surface area contributed by atoms with Crippen molar-refractivity contribution in [2.24, 2.45) is 5.73 Å². The molecule has 1 heterocycles. The van der Waals surface area contributed by atoms with Gasteiger partial charge in [0.05, 0.1) is 19.8 Å². The van der Waals surface area contributed by atoms with Gasteiger partial charge in [0.2, 0.25) is 0 Å². The lowest BCUT2D eigenvalue weighted by Gasteiger charge is -2.27. The molecule has 0 aromatic heterocycles. The van der Waals surface area contributed by atoms with E-state index in [9.17, 15) is 0 Å². The van der Waals surface area contributed by atoms with Gasteiger partial charge in [-0.3, -0.25) is 0 Å². The zero-order valence-electron chi connectivity index (χ0n) is 10.5. The Morgan fingerprint density at radius 1 is 1.53 bits per heavy atom. The van der Waals surface area contributed by atoms with Crippen molar-refractivity contribution < 1.29 is 9.47 Å². The second-order valence-electron chi connectivity index (χ2n) is 4.33. The number of nitrogens with two attached hydrogens (primary N) is 1. The van der Waals surface area contributed by atoms with Gasteiger partial charge in [0, 0.05) is 32.0 Å². The number of hydrogen-bond acceptors (Lipinski definition) is 4. The van der Waals surface area contributed by atoms with E-state index in [2.05, 4.69) is 11.9 Å². The van der Waals surface area contributed by atoms with E-state index in [1.165, 1.54) is 0 Å². The van der Waals surface area contributed by atoms with Crippen LogP contribution < -0.4 is 15.4 Å². The summed E-state index contributed by atoms with van der Waals surface area (Å²) >= 11 is 0. The van der Waals surface area contributed by atoms with Crippen LogP contribution >= 0.6 is 0 Å². The van der Waals surface area contributed by atoms with Gasteiger partial charge in [-0.2, -0.15) is 0 Å². The molecule has 1 fully saturated rings. The fourth-order valence-electron chi connectivity index (χ4n) is 2.20. The van der Waals surface area contributed by atoms with Crippen LogP contribution in [0.5, 0.6) is 5.75 Å². The van der Waals surface area contributed by atoms with E-state index < -0.39 is 0 Å². The van der Waals surface area contributed by atoms with Gasteiger partial charge < -0.3 is 20.1 Å². The fourth-order valence-corrected chi connectivity index (χ4v) is 2.20. The lowest BCUT2D eigenvalue weighted by atomic mass is 10.1. The summed E-state index contributed by atoms with van der Waals surface area (Å²) in [5.74, 6) is 0.864. The first-order valence-electron chi connectivity index (χ1n) is 5.94. The molecule has 1 saturated heterocycles. The highest BCUT2D eigenvalue weighted by Crippen LogP contribution is 2.28. The number of anilines is 1. The van der Waals surface area contributed by atoms with E-state index in [-0.39, 0.29) is 0 Å². The Morgan fingerprint density at radius 3 is 2.94 bits per heavy atom. The molecule has 2 rings (SSSR count). The van der Waals surface area contributed by atoms with Gasteiger partial charge in [0.25, 0.3) is 0 Å². The van der Waals surface area contributed by atoms with Crippen LogP contribution in [0.15, 0.2) is 18.2 Å². The van der Waals surface area contributed by atoms with Crippen LogP contribution in [0.25, 0.3) is 0 Å². The minimum absolute atomic E-state index is 0.437. The van der Waals surface area contributed by atoms with E-state index >= 15 is 0 Å². The van der Waals surface area contributed by atoms with Crippen molar-refractivity contribution in [3.63, 3.8) is 0 Å². The van der Waals surface area contributed by atoms with Gasteiger partial charge in [0.1, 0.15) is 5.75 Å². The number of ether oxygens (including phenoxy) is 2. The molecule has 1 unspecified atom stereocenters. The summed E-state index contributed by atoms with van der Waals surface area (Å²) in [5.41, 5.74) is 8.06. The van der Waals surface area contributed by atoms with E-state index in [4.69, 9.17) is 15.2 Å². The molecule has 2 N–H and O–H groups in total. The number of hydrogen-bond donors (Lipinski definition) is 1. The molecule has 1 aromatic carbocycles. The molecule has 0 aliphatic carbocycles. The third-order valence-electron chi connectivity index (χ3n) is 3.35. The summed E-state index contributed by atoms with van der Waals surface area (Å²) in [6, 6.07) is 6.46. The normalized spacial score (nSPS) is 19.4. The maximum atomic E-state index is 5.78. The van der Waals surface area contributed by atoms with Crippen molar-refractivity contribution in [1.29, 1.82) is 0 Å². The number of methoxy groups -OCH3 is 1. The predicted molar refractivity (Wildman–Crippen MR) is 68.5 cm³/mol. The SMILES string of the molecule is COc1ccc(CN)c(N(C)C2CCOC2)c1. The Balaban J connectivity index is 2.27. The van der Waals surface area contributed by atoms with Crippen LogP contribution in [0.3, 0.4) is 0 Å². The fraction of sp³-hybridized carbons (Fsp3) is 0.538. The van der Waals surface area contributed by atoms with Gasteiger partial charge in [-0.05, 0) is 18.1 Å². The largest absolute Gasteiger partial charge is 0.497 e. The smallest absolute Gasteiger partial charge is 0.120 e. The molecule has 1 aliphatic heterocycles. The van der Waals surface area contributed by atoms with E-state index in [1.54, 1.807) is 7.11 Å². The Morgan fingerprint density at radius 2 is 2.35 bits per heavy atom. The average Bonchev–Trinajstić information content (AvgIpc) is 2.91. The lowest BCUT2D eigenvalue weighted by molar-refractivity contribution is 0.193. The Hall–Kier alpha value is -1.26. The van der Waals surface area contributed by atoms with Crippen LogP contribution in [0.2, 0.25) is 0 Å². The average molecular weight is 236 g/mol. The number of benzene rings is 1. The van der Waals surface area contributed by atoms with Gasteiger partial charge >= 0.3 is 0 Å². The van der Waals surface area contributed by atoms with Crippen molar-refractivity contribution in [3.8, 4) is 5.75 Å². The van der Waals surface area contributed by atoms with Crippen molar-refractivity contribution in [2.75, 3.05) is 32.3 Å². The molecule has 0 bridgehead atoms. The molecule has 1 atom stereocenters. The Bertz CT molecular complexity index is 376. The first-order valence-corrected chi connectivity index (χ1v) is 5.94. The predicted octanol–water partition coefficient (Wildman–Crippen LogP) is 1.38. The van der Waals surface area contributed by atoms with Crippen molar-refractivity contribution in [2.45, 2.75) is 19.0 Å².